The molecule has 0 aromatic rings. The lowest BCUT2D eigenvalue weighted by Gasteiger charge is -2.34. The number of nitrogens with zero attached hydrogens (tertiary/aromatic N) is 1. The van der Waals surface area contributed by atoms with Crippen LogP contribution in [0.2, 0.25) is 0 Å². The van der Waals surface area contributed by atoms with Crippen LogP contribution in [-0.4, -0.2) is 58.9 Å². The van der Waals surface area contributed by atoms with E-state index >= 15 is 0 Å². The predicted octanol–water partition coefficient (Wildman–Crippen LogP) is -2.08. The minimum absolute atomic E-state index is 0.132. The van der Waals surface area contributed by atoms with Gasteiger partial charge in [-0.2, -0.15) is 0 Å². The molecular weight excluding hydrogens is 242 g/mol. The molecule has 1 rings (SSSR count). The summed E-state index contributed by atoms with van der Waals surface area (Å²) >= 11 is 0. The lowest BCUT2D eigenvalue weighted by molar-refractivity contribution is -0.154. The molecule has 3 amide bonds. The van der Waals surface area contributed by atoms with Crippen molar-refractivity contribution in [3.05, 3.63) is 0 Å². The van der Waals surface area contributed by atoms with Crippen molar-refractivity contribution < 1.29 is 24.3 Å². The molecule has 3 N–H and O–H groups in total. The molecule has 100 valence electrons. The van der Waals surface area contributed by atoms with Gasteiger partial charge in [0.25, 0.3) is 0 Å². The van der Waals surface area contributed by atoms with Crippen LogP contribution in [0.5, 0.6) is 0 Å². The van der Waals surface area contributed by atoms with Crippen LogP contribution in [0.25, 0.3) is 0 Å². The Morgan fingerprint density at radius 3 is 2.61 bits per heavy atom. The second kappa shape index (κ2) is 5.48. The Morgan fingerprint density at radius 1 is 1.50 bits per heavy atom. The van der Waals surface area contributed by atoms with Crippen LogP contribution in [0.1, 0.15) is 13.8 Å². The van der Waals surface area contributed by atoms with Crippen molar-refractivity contribution in [3.8, 4) is 0 Å². The van der Waals surface area contributed by atoms with Gasteiger partial charge >= 0.3 is 5.97 Å². The van der Waals surface area contributed by atoms with Gasteiger partial charge < -0.3 is 20.6 Å². The number of hydrogen-bond acceptors (Lipinski definition) is 4. The first-order valence-electron chi connectivity index (χ1n) is 5.40. The van der Waals surface area contributed by atoms with E-state index in [9.17, 15) is 19.2 Å². The number of carboxylic acids is 1. The monoisotopic (exact) mass is 257 g/mol. The summed E-state index contributed by atoms with van der Waals surface area (Å²) in [6.07, 6.45) is 0. The molecule has 1 aliphatic heterocycles. The molecule has 0 radical (unpaired) electrons. The van der Waals surface area contributed by atoms with Gasteiger partial charge in [-0.1, -0.05) is 0 Å². The second-order valence-corrected chi connectivity index (χ2v) is 4.05. The molecule has 0 aromatic heterocycles. The van der Waals surface area contributed by atoms with Crippen molar-refractivity contribution in [1.82, 2.24) is 15.5 Å². The molecule has 0 bridgehead atoms. The number of amides is 3. The summed E-state index contributed by atoms with van der Waals surface area (Å²) in [5.74, 6) is -2.61. The van der Waals surface area contributed by atoms with Gasteiger partial charge in [-0.25, -0.2) is 4.79 Å². The third-order valence-electron chi connectivity index (χ3n) is 2.54. The van der Waals surface area contributed by atoms with Crippen LogP contribution < -0.4 is 10.6 Å². The van der Waals surface area contributed by atoms with Gasteiger partial charge in [0.2, 0.25) is 17.7 Å². The fraction of sp³-hybridized carbons (Fsp3) is 0.600. The number of hydrogen-bond donors (Lipinski definition) is 3. The number of carboxylic acid groups (broad SMARTS) is 1. The zero-order valence-electron chi connectivity index (χ0n) is 10.1. The van der Waals surface area contributed by atoms with E-state index in [2.05, 4.69) is 10.6 Å². The van der Waals surface area contributed by atoms with E-state index < -0.39 is 35.8 Å². The molecule has 0 aliphatic carbocycles. The quantitative estimate of drug-likeness (QED) is 0.536. The van der Waals surface area contributed by atoms with E-state index in [1.54, 1.807) is 0 Å². The molecule has 18 heavy (non-hydrogen) atoms. The van der Waals surface area contributed by atoms with Crippen LogP contribution in [0.4, 0.5) is 0 Å². The van der Waals surface area contributed by atoms with E-state index in [1.807, 2.05) is 0 Å². The van der Waals surface area contributed by atoms with Crippen molar-refractivity contribution >= 4 is 23.7 Å². The molecule has 2 atom stereocenters. The fourth-order valence-corrected chi connectivity index (χ4v) is 1.71. The molecule has 0 saturated carbocycles. The molecule has 8 nitrogen and oxygen atoms in total. The van der Waals surface area contributed by atoms with Crippen molar-refractivity contribution in [2.45, 2.75) is 25.9 Å². The third kappa shape index (κ3) is 3.19. The summed E-state index contributed by atoms with van der Waals surface area (Å²) in [4.78, 5) is 46.0. The van der Waals surface area contributed by atoms with Gasteiger partial charge in [0.05, 0.1) is 0 Å². The van der Waals surface area contributed by atoms with Crippen LogP contribution in [0.15, 0.2) is 0 Å². The molecule has 1 heterocycles. The average Bonchev–Trinajstić information content (AvgIpc) is 2.26. The molecular formula is C10H15N3O5. The zero-order chi connectivity index (χ0) is 13.9. The van der Waals surface area contributed by atoms with E-state index in [1.165, 1.54) is 13.8 Å². The smallest absolute Gasteiger partial charge is 0.328 e. The number of carbonyl (C=O) groups excluding carboxylic acids is 3. The van der Waals surface area contributed by atoms with E-state index in [-0.39, 0.29) is 13.1 Å². The maximum Gasteiger partial charge on any atom is 0.328 e. The largest absolute Gasteiger partial charge is 0.480 e. The van der Waals surface area contributed by atoms with Crippen LogP contribution in [-0.2, 0) is 19.2 Å². The minimum atomic E-state index is -1.20. The van der Waals surface area contributed by atoms with E-state index in [0.29, 0.717) is 0 Å². The molecule has 0 aromatic carbocycles. The van der Waals surface area contributed by atoms with Crippen molar-refractivity contribution in [1.29, 1.82) is 0 Å². The second-order valence-electron chi connectivity index (χ2n) is 4.05. The van der Waals surface area contributed by atoms with E-state index in [4.69, 9.17) is 5.11 Å². The molecule has 8 heteroatoms. The van der Waals surface area contributed by atoms with Gasteiger partial charge in [-0.05, 0) is 6.92 Å². The normalized spacial score (nSPS) is 20.9. The van der Waals surface area contributed by atoms with Crippen molar-refractivity contribution in [2.75, 3.05) is 13.1 Å². The van der Waals surface area contributed by atoms with Crippen molar-refractivity contribution in [2.24, 2.45) is 0 Å². The average molecular weight is 257 g/mol. The Balaban J connectivity index is 2.81. The number of piperazine rings is 1. The molecule has 1 aliphatic rings. The van der Waals surface area contributed by atoms with Crippen LogP contribution in [0, 0.1) is 0 Å². The number of nitrogens with one attached hydrogen (secondary N) is 2. The highest BCUT2D eigenvalue weighted by Gasteiger charge is 2.36. The van der Waals surface area contributed by atoms with Gasteiger partial charge in [-0.15, -0.1) is 0 Å². The summed E-state index contributed by atoms with van der Waals surface area (Å²) in [6, 6.07) is -1.97. The van der Waals surface area contributed by atoms with Gasteiger partial charge in [0.15, 0.2) is 0 Å². The first-order chi connectivity index (χ1) is 8.32. The molecule has 1 saturated heterocycles. The number of carbonyl (C=O) groups is 4. The summed E-state index contributed by atoms with van der Waals surface area (Å²) in [7, 11) is 0. The molecule has 2 unspecified atom stereocenters. The Bertz CT molecular complexity index is 395. The highest BCUT2D eigenvalue weighted by atomic mass is 16.4. The highest BCUT2D eigenvalue weighted by molar-refractivity contribution is 5.94. The first-order valence-corrected chi connectivity index (χ1v) is 5.40. The van der Waals surface area contributed by atoms with Crippen LogP contribution >= 0.6 is 0 Å². The van der Waals surface area contributed by atoms with Crippen molar-refractivity contribution in [3.63, 3.8) is 0 Å². The first kappa shape index (κ1) is 13.9. The third-order valence-corrected chi connectivity index (χ3v) is 2.54. The maximum absolute atomic E-state index is 12.0. The fourth-order valence-electron chi connectivity index (χ4n) is 1.71. The standard InChI is InChI=1S/C10H15N3O5/c1-5(12-6(2)14)9(16)13-4-8(15)11-3-7(13)10(17)18/h5,7H,3-4H2,1-2H3,(H,11,15)(H,12,14)(H,17,18). The van der Waals surface area contributed by atoms with Gasteiger partial charge in [0.1, 0.15) is 18.6 Å². The Labute approximate surface area is 103 Å². The lowest BCUT2D eigenvalue weighted by Crippen LogP contribution is -2.62. The SMILES string of the molecule is CC(=O)NC(C)C(=O)N1CC(=O)NCC1C(=O)O. The summed E-state index contributed by atoms with van der Waals surface area (Å²) in [5, 5.41) is 13.7. The highest BCUT2D eigenvalue weighted by Crippen LogP contribution is 2.07. The van der Waals surface area contributed by atoms with E-state index in [0.717, 1.165) is 4.90 Å². The van der Waals surface area contributed by atoms with Gasteiger partial charge in [0, 0.05) is 13.5 Å². The Hall–Kier alpha value is -2.12. The zero-order valence-corrected chi connectivity index (χ0v) is 10.1. The lowest BCUT2D eigenvalue weighted by atomic mass is 10.1. The minimum Gasteiger partial charge on any atom is -0.480 e. The Morgan fingerprint density at radius 2 is 2.11 bits per heavy atom. The maximum atomic E-state index is 12.0. The van der Waals surface area contributed by atoms with Crippen LogP contribution in [0.3, 0.4) is 0 Å². The summed E-state index contributed by atoms with van der Waals surface area (Å²) in [6.45, 7) is 2.24. The molecule has 0 spiro atoms. The number of rotatable bonds is 3. The Kier molecular flexibility index (Phi) is 4.24. The summed E-state index contributed by atoms with van der Waals surface area (Å²) < 4.78 is 0. The molecule has 1 fully saturated rings. The topological polar surface area (TPSA) is 116 Å². The number of aliphatic carboxylic acids is 1. The summed E-state index contributed by atoms with van der Waals surface area (Å²) in [5.41, 5.74) is 0. The van der Waals surface area contributed by atoms with Gasteiger partial charge in [-0.3, -0.25) is 14.4 Å². The predicted molar refractivity (Wildman–Crippen MR) is 59.4 cm³/mol.